The van der Waals surface area contributed by atoms with Gasteiger partial charge in [0.25, 0.3) is 0 Å². The van der Waals surface area contributed by atoms with Crippen molar-refractivity contribution < 1.29 is 4.39 Å². The van der Waals surface area contributed by atoms with E-state index in [9.17, 15) is 4.39 Å². The van der Waals surface area contributed by atoms with Crippen LogP contribution in [0, 0.1) is 18.2 Å². The van der Waals surface area contributed by atoms with Crippen molar-refractivity contribution in [2.75, 3.05) is 6.54 Å². The van der Waals surface area contributed by atoms with Gasteiger partial charge in [0.15, 0.2) is 0 Å². The normalized spacial score (nSPS) is 13.7. The van der Waals surface area contributed by atoms with Crippen molar-refractivity contribution in [2.24, 2.45) is 0 Å². The SMILES string of the molecule is Cc1ccccc1CCN1Cc2ccc(F)cc2C1=N. The zero-order valence-electron chi connectivity index (χ0n) is 11.5. The third-order valence-corrected chi connectivity index (χ3v) is 3.92. The van der Waals surface area contributed by atoms with Crippen LogP contribution in [0.25, 0.3) is 0 Å². The van der Waals surface area contributed by atoms with Gasteiger partial charge in [-0.15, -0.1) is 0 Å². The van der Waals surface area contributed by atoms with Crippen LogP contribution in [0.15, 0.2) is 42.5 Å². The van der Waals surface area contributed by atoms with Crippen LogP contribution in [-0.4, -0.2) is 17.3 Å². The minimum Gasteiger partial charge on any atom is -0.352 e. The van der Waals surface area contributed by atoms with Crippen LogP contribution in [-0.2, 0) is 13.0 Å². The van der Waals surface area contributed by atoms with Crippen molar-refractivity contribution in [3.63, 3.8) is 0 Å². The maximum Gasteiger partial charge on any atom is 0.128 e. The highest BCUT2D eigenvalue weighted by molar-refractivity contribution is 6.00. The van der Waals surface area contributed by atoms with Gasteiger partial charge in [-0.2, -0.15) is 0 Å². The van der Waals surface area contributed by atoms with E-state index in [0.29, 0.717) is 12.4 Å². The largest absolute Gasteiger partial charge is 0.352 e. The first-order valence-corrected chi connectivity index (χ1v) is 6.82. The third-order valence-electron chi connectivity index (χ3n) is 3.92. The second-order valence-electron chi connectivity index (χ2n) is 5.25. The van der Waals surface area contributed by atoms with Gasteiger partial charge in [-0.05, 0) is 42.2 Å². The molecule has 3 heteroatoms. The molecule has 0 aromatic heterocycles. The van der Waals surface area contributed by atoms with Gasteiger partial charge in [0.2, 0.25) is 0 Å². The van der Waals surface area contributed by atoms with E-state index in [1.54, 1.807) is 6.07 Å². The Morgan fingerprint density at radius 2 is 2.00 bits per heavy atom. The Balaban J connectivity index is 1.72. The molecule has 2 aromatic carbocycles. The summed E-state index contributed by atoms with van der Waals surface area (Å²) in [5, 5.41) is 8.16. The van der Waals surface area contributed by atoms with Gasteiger partial charge in [-0.25, -0.2) is 4.39 Å². The molecule has 0 atom stereocenters. The van der Waals surface area contributed by atoms with E-state index >= 15 is 0 Å². The van der Waals surface area contributed by atoms with Crippen LogP contribution in [0.3, 0.4) is 0 Å². The van der Waals surface area contributed by atoms with E-state index in [0.717, 1.165) is 24.1 Å². The number of fused-ring (bicyclic) bond motifs is 1. The van der Waals surface area contributed by atoms with Crippen molar-refractivity contribution in [1.29, 1.82) is 5.41 Å². The minimum absolute atomic E-state index is 0.269. The van der Waals surface area contributed by atoms with E-state index in [1.807, 2.05) is 17.0 Å². The van der Waals surface area contributed by atoms with E-state index in [2.05, 4.69) is 19.1 Å². The van der Waals surface area contributed by atoms with Crippen molar-refractivity contribution in [3.05, 3.63) is 70.5 Å². The average Bonchev–Trinajstić information content (AvgIpc) is 2.75. The summed E-state index contributed by atoms with van der Waals surface area (Å²) in [4.78, 5) is 2.01. The Bertz CT molecular complexity index is 664. The van der Waals surface area contributed by atoms with E-state index in [1.165, 1.54) is 23.3 Å². The first-order valence-electron chi connectivity index (χ1n) is 6.82. The Kier molecular flexibility index (Phi) is 3.26. The molecule has 0 spiro atoms. The monoisotopic (exact) mass is 268 g/mol. The quantitative estimate of drug-likeness (QED) is 0.906. The number of benzene rings is 2. The molecule has 3 rings (SSSR count). The average molecular weight is 268 g/mol. The third kappa shape index (κ3) is 2.31. The molecule has 2 nitrogen and oxygen atoms in total. The number of hydrogen-bond acceptors (Lipinski definition) is 1. The first-order chi connectivity index (χ1) is 9.65. The zero-order chi connectivity index (χ0) is 14.1. The number of rotatable bonds is 3. The summed E-state index contributed by atoms with van der Waals surface area (Å²) in [6, 6.07) is 13.0. The number of nitrogens with one attached hydrogen (secondary N) is 1. The number of hydrogen-bond donors (Lipinski definition) is 1. The topological polar surface area (TPSA) is 27.1 Å². The van der Waals surface area contributed by atoms with Crippen molar-refractivity contribution >= 4 is 5.84 Å². The maximum atomic E-state index is 13.3. The van der Waals surface area contributed by atoms with Gasteiger partial charge in [-0.1, -0.05) is 30.3 Å². The Morgan fingerprint density at radius 3 is 2.80 bits per heavy atom. The molecular weight excluding hydrogens is 251 g/mol. The number of halogens is 1. The maximum absolute atomic E-state index is 13.3. The van der Waals surface area contributed by atoms with Crippen molar-refractivity contribution in [1.82, 2.24) is 4.90 Å². The Labute approximate surface area is 118 Å². The standard InChI is InChI=1S/C17H17FN2/c1-12-4-2-3-5-13(12)8-9-20-11-14-6-7-15(18)10-16(14)17(20)19/h2-7,10,19H,8-9,11H2,1H3. The van der Waals surface area contributed by atoms with Gasteiger partial charge in [0, 0.05) is 18.7 Å². The molecule has 0 fully saturated rings. The predicted octanol–water partition coefficient (Wildman–Crippen LogP) is 3.52. The van der Waals surface area contributed by atoms with Crippen LogP contribution in [0.2, 0.25) is 0 Å². The summed E-state index contributed by atoms with van der Waals surface area (Å²) >= 11 is 0. The molecule has 0 radical (unpaired) electrons. The molecule has 20 heavy (non-hydrogen) atoms. The molecule has 0 saturated carbocycles. The molecule has 2 aromatic rings. The van der Waals surface area contributed by atoms with E-state index in [4.69, 9.17) is 5.41 Å². The summed E-state index contributed by atoms with van der Waals surface area (Å²) in [7, 11) is 0. The van der Waals surface area contributed by atoms with Crippen molar-refractivity contribution in [2.45, 2.75) is 19.9 Å². The van der Waals surface area contributed by atoms with Crippen LogP contribution >= 0.6 is 0 Å². The molecule has 0 bridgehead atoms. The highest BCUT2D eigenvalue weighted by Gasteiger charge is 2.24. The predicted molar refractivity (Wildman–Crippen MR) is 78.5 cm³/mol. The molecule has 0 unspecified atom stereocenters. The molecule has 1 aliphatic rings. The lowest BCUT2D eigenvalue weighted by Crippen LogP contribution is -2.26. The van der Waals surface area contributed by atoms with Crippen molar-refractivity contribution in [3.8, 4) is 0 Å². The molecule has 0 amide bonds. The summed E-state index contributed by atoms with van der Waals surface area (Å²) in [5.74, 6) is 0.169. The molecule has 0 saturated heterocycles. The summed E-state index contributed by atoms with van der Waals surface area (Å²) in [6.45, 7) is 3.61. The highest BCUT2D eigenvalue weighted by Crippen LogP contribution is 2.23. The van der Waals surface area contributed by atoms with Crippen LogP contribution in [0.1, 0.15) is 22.3 Å². The highest BCUT2D eigenvalue weighted by atomic mass is 19.1. The lowest BCUT2D eigenvalue weighted by molar-refractivity contribution is 0.432. The van der Waals surface area contributed by atoms with E-state index in [-0.39, 0.29) is 5.82 Å². The second-order valence-corrected chi connectivity index (χ2v) is 5.25. The number of aryl methyl sites for hydroxylation is 1. The fourth-order valence-electron chi connectivity index (χ4n) is 2.70. The lowest BCUT2D eigenvalue weighted by Gasteiger charge is -2.18. The fourth-order valence-corrected chi connectivity index (χ4v) is 2.70. The van der Waals surface area contributed by atoms with Gasteiger partial charge in [-0.3, -0.25) is 5.41 Å². The summed E-state index contributed by atoms with van der Waals surface area (Å²) < 4.78 is 13.3. The van der Waals surface area contributed by atoms with Gasteiger partial charge in [0.05, 0.1) is 0 Å². The summed E-state index contributed by atoms with van der Waals surface area (Å²) in [6.07, 6.45) is 0.908. The van der Waals surface area contributed by atoms with Crippen LogP contribution in [0.4, 0.5) is 4.39 Å². The van der Waals surface area contributed by atoms with Gasteiger partial charge in [0.1, 0.15) is 11.7 Å². The Morgan fingerprint density at radius 1 is 1.20 bits per heavy atom. The number of amidine groups is 1. The van der Waals surface area contributed by atoms with Gasteiger partial charge >= 0.3 is 0 Å². The fraction of sp³-hybridized carbons (Fsp3) is 0.235. The Hall–Kier alpha value is -2.16. The van der Waals surface area contributed by atoms with E-state index < -0.39 is 0 Å². The minimum atomic E-state index is -0.269. The number of nitrogens with zero attached hydrogens (tertiary/aromatic N) is 1. The molecule has 1 N–H and O–H groups in total. The second kappa shape index (κ2) is 5.08. The first kappa shape index (κ1) is 12.9. The summed E-state index contributed by atoms with van der Waals surface area (Å²) in [5.41, 5.74) is 4.36. The molecule has 1 heterocycles. The molecule has 1 aliphatic heterocycles. The molecular formula is C17H17FN2. The molecule has 0 aliphatic carbocycles. The zero-order valence-corrected chi connectivity index (χ0v) is 11.5. The van der Waals surface area contributed by atoms with Crippen LogP contribution < -0.4 is 0 Å². The van der Waals surface area contributed by atoms with Gasteiger partial charge < -0.3 is 4.90 Å². The molecule has 102 valence electrons. The van der Waals surface area contributed by atoms with Crippen LogP contribution in [0.5, 0.6) is 0 Å². The smallest absolute Gasteiger partial charge is 0.128 e. The lowest BCUT2D eigenvalue weighted by atomic mass is 10.1.